The van der Waals surface area contributed by atoms with Crippen molar-refractivity contribution in [1.82, 2.24) is 0 Å². The van der Waals surface area contributed by atoms with Gasteiger partial charge < -0.3 is 19.1 Å². The Morgan fingerprint density at radius 2 is 0.868 bits per heavy atom. The first-order valence-corrected chi connectivity index (χ1v) is 15.5. The number of carbonyl (C=O) groups excluding carboxylic acids is 2. The minimum absolute atomic E-state index is 0.0752. The van der Waals surface area contributed by atoms with Gasteiger partial charge in [-0.2, -0.15) is 0 Å². The Bertz CT molecular complexity index is 918. The number of aryl methyl sites for hydroxylation is 2. The summed E-state index contributed by atoms with van der Waals surface area (Å²) in [5.74, 6) is 0. The minimum Gasteiger partial charge on any atom is -0.377 e. The van der Waals surface area contributed by atoms with Gasteiger partial charge in [0.25, 0.3) is 0 Å². The second-order valence-electron chi connectivity index (χ2n) is 10.9. The van der Waals surface area contributed by atoms with Crippen molar-refractivity contribution in [3.8, 4) is 0 Å². The van der Waals surface area contributed by atoms with E-state index in [9.17, 15) is 0 Å². The van der Waals surface area contributed by atoms with E-state index in [1.165, 1.54) is 43.2 Å². The third-order valence-corrected chi connectivity index (χ3v) is 8.83. The van der Waals surface area contributed by atoms with Gasteiger partial charge in [0.2, 0.25) is 0 Å². The number of carbonyl (C=O) groups is 2. The van der Waals surface area contributed by atoms with Crippen LogP contribution in [0.25, 0.3) is 0 Å². The average Bonchev–Trinajstić information content (AvgIpc) is 2.90. The molecule has 0 saturated heterocycles. The maximum Gasteiger partial charge on any atom is 0.106 e. The van der Waals surface area contributed by atoms with E-state index in [1.807, 2.05) is 35.2 Å². The van der Waals surface area contributed by atoms with Crippen molar-refractivity contribution >= 4 is 35.2 Å². The maximum absolute atomic E-state index is 8.00. The summed E-state index contributed by atoms with van der Waals surface area (Å²) in [5, 5.41) is 0. The van der Waals surface area contributed by atoms with Crippen LogP contribution in [0, 0.1) is 0 Å². The molecule has 2 aromatic carbocycles. The summed E-state index contributed by atoms with van der Waals surface area (Å²) in [6.45, 7) is 29.1. The van der Waals surface area contributed by atoms with Crippen LogP contribution < -0.4 is 0 Å². The van der Waals surface area contributed by atoms with Crippen molar-refractivity contribution in [2.75, 3.05) is 13.2 Å². The first kappa shape index (κ1) is 36.4. The molecule has 38 heavy (non-hydrogen) atoms. The van der Waals surface area contributed by atoms with E-state index in [0.717, 1.165) is 12.8 Å². The van der Waals surface area contributed by atoms with E-state index < -0.39 is 0 Å². The lowest BCUT2D eigenvalue weighted by Crippen LogP contribution is -2.14. The highest BCUT2D eigenvalue weighted by Gasteiger charge is 2.22. The zero-order chi connectivity index (χ0) is 29.5. The lowest BCUT2D eigenvalue weighted by atomic mass is 9.84. The molecular formula is C32H50O4S2. The predicted octanol–water partition coefficient (Wildman–Crippen LogP) is 8.91. The summed E-state index contributed by atoms with van der Waals surface area (Å²) in [6.07, 6.45) is 2.08. The van der Waals surface area contributed by atoms with Crippen LogP contribution in [0.4, 0.5) is 0 Å². The third kappa shape index (κ3) is 10.9. The smallest absolute Gasteiger partial charge is 0.106 e. The van der Waals surface area contributed by atoms with Crippen LogP contribution in [0.2, 0.25) is 0 Å². The Morgan fingerprint density at radius 1 is 0.579 bits per heavy atom. The van der Waals surface area contributed by atoms with E-state index in [4.69, 9.17) is 19.1 Å². The molecule has 0 bridgehead atoms. The Morgan fingerprint density at radius 3 is 1.13 bits per heavy atom. The fraction of sp³-hybridized carbons (Fsp3) is 0.562. The van der Waals surface area contributed by atoms with Gasteiger partial charge in [0.15, 0.2) is 0 Å². The molecule has 0 fully saturated rings. The number of hydrogen-bond acceptors (Lipinski definition) is 6. The van der Waals surface area contributed by atoms with E-state index in [2.05, 4.69) is 93.5 Å². The molecule has 0 amide bonds. The van der Waals surface area contributed by atoms with Gasteiger partial charge in [0.1, 0.15) is 13.6 Å². The number of benzene rings is 2. The molecule has 0 N–H and O–H groups in total. The Balaban J connectivity index is 0.00000326. The van der Waals surface area contributed by atoms with Crippen LogP contribution in [0.5, 0.6) is 0 Å². The fourth-order valence-electron chi connectivity index (χ4n) is 3.84. The van der Waals surface area contributed by atoms with Crippen molar-refractivity contribution in [2.45, 2.75) is 116 Å². The van der Waals surface area contributed by atoms with Crippen LogP contribution in [0.15, 0.2) is 34.1 Å². The molecule has 214 valence electrons. The molecule has 6 heteroatoms. The Hall–Kier alpha value is -1.60. The summed E-state index contributed by atoms with van der Waals surface area (Å²) in [5.41, 5.74) is 8.43. The summed E-state index contributed by atoms with van der Waals surface area (Å²) in [6, 6.07) is 9.54. The lowest BCUT2D eigenvalue weighted by Gasteiger charge is -2.25. The van der Waals surface area contributed by atoms with Crippen molar-refractivity contribution in [2.24, 2.45) is 0 Å². The third-order valence-electron chi connectivity index (χ3n) is 6.11. The number of rotatable bonds is 11. The van der Waals surface area contributed by atoms with Crippen LogP contribution in [-0.2, 0) is 55.9 Å². The molecule has 0 atom stereocenters. The highest BCUT2D eigenvalue weighted by atomic mass is 33.1. The quantitative estimate of drug-likeness (QED) is 0.255. The summed E-state index contributed by atoms with van der Waals surface area (Å²) in [7, 11) is 3.79. The monoisotopic (exact) mass is 562 g/mol. The second-order valence-corrected chi connectivity index (χ2v) is 13.0. The largest absolute Gasteiger partial charge is 0.377 e. The van der Waals surface area contributed by atoms with Gasteiger partial charge in [-0.25, -0.2) is 0 Å². The van der Waals surface area contributed by atoms with E-state index in [0.29, 0.717) is 26.4 Å². The van der Waals surface area contributed by atoms with Gasteiger partial charge in [-0.3, -0.25) is 0 Å². The molecule has 2 rings (SSSR count). The zero-order valence-electron chi connectivity index (χ0n) is 25.4. The molecule has 0 aliphatic rings. The molecule has 0 aliphatic carbocycles. The lowest BCUT2D eigenvalue weighted by molar-refractivity contribution is -0.0987. The van der Waals surface area contributed by atoms with Gasteiger partial charge in [0.05, 0.1) is 13.2 Å². The first-order chi connectivity index (χ1) is 18.0. The maximum atomic E-state index is 8.00. The molecule has 4 nitrogen and oxygen atoms in total. The van der Waals surface area contributed by atoms with E-state index >= 15 is 0 Å². The first-order valence-electron chi connectivity index (χ1n) is 13.4. The molecule has 0 spiro atoms. The molecule has 2 aromatic rings. The average molecular weight is 563 g/mol. The molecule has 0 saturated carbocycles. The number of ether oxygens (including phenoxy) is 2. The van der Waals surface area contributed by atoms with Crippen LogP contribution in [0.3, 0.4) is 0 Å². The SMILES string of the molecule is C=O.C=O.CCOCc1cc(C(C)(C)C)cc(COCC)c1SSc1c(CC)cc(C(C)(C)C)cc1CC. The number of hydrogen-bond donors (Lipinski definition) is 0. The molecule has 0 heterocycles. The summed E-state index contributed by atoms with van der Waals surface area (Å²) in [4.78, 5) is 18.7. The van der Waals surface area contributed by atoms with Gasteiger partial charge in [0, 0.05) is 23.0 Å². The molecule has 0 unspecified atom stereocenters. The molecule has 0 radical (unpaired) electrons. The van der Waals surface area contributed by atoms with Crippen LogP contribution in [0.1, 0.15) is 103 Å². The predicted molar refractivity (Wildman–Crippen MR) is 166 cm³/mol. The van der Waals surface area contributed by atoms with Crippen molar-refractivity contribution in [3.05, 3.63) is 57.6 Å². The van der Waals surface area contributed by atoms with Crippen molar-refractivity contribution < 1.29 is 19.1 Å². The van der Waals surface area contributed by atoms with Gasteiger partial charge in [-0.05, 0) is 70.9 Å². The molecular weight excluding hydrogens is 512 g/mol. The van der Waals surface area contributed by atoms with Crippen LogP contribution in [-0.4, -0.2) is 26.8 Å². The Labute approximate surface area is 240 Å². The molecule has 0 aliphatic heterocycles. The topological polar surface area (TPSA) is 52.6 Å². The normalized spacial score (nSPS) is 11.3. The van der Waals surface area contributed by atoms with E-state index in [1.54, 1.807) is 0 Å². The van der Waals surface area contributed by atoms with Crippen molar-refractivity contribution in [1.29, 1.82) is 0 Å². The second kappa shape index (κ2) is 17.9. The van der Waals surface area contributed by atoms with E-state index in [-0.39, 0.29) is 10.8 Å². The van der Waals surface area contributed by atoms with Crippen molar-refractivity contribution in [3.63, 3.8) is 0 Å². The Kier molecular flexibility index (Phi) is 17.1. The molecule has 0 aromatic heterocycles. The highest BCUT2D eigenvalue weighted by Crippen LogP contribution is 2.46. The van der Waals surface area contributed by atoms with Crippen LogP contribution >= 0.6 is 21.6 Å². The summed E-state index contributed by atoms with van der Waals surface area (Å²) < 4.78 is 11.8. The summed E-state index contributed by atoms with van der Waals surface area (Å²) >= 11 is 0. The highest BCUT2D eigenvalue weighted by molar-refractivity contribution is 8.76. The zero-order valence-corrected chi connectivity index (χ0v) is 27.0. The van der Waals surface area contributed by atoms with Gasteiger partial charge >= 0.3 is 0 Å². The fourth-order valence-corrected chi connectivity index (χ4v) is 6.86. The standard InChI is InChI=1S/C30H46O2S2.2CH2O/c1-11-21-15-25(29(5,6)7)16-22(12-2)27(21)33-34-28-23(19-31-13-3)17-26(30(8,9)10)18-24(28)20-32-14-4;2*1-2/h15-18H,11-14,19-20H2,1-10H3;2*1H2. The van der Waals surface area contributed by atoms with Gasteiger partial charge in [-0.1, -0.05) is 101 Å². The minimum atomic E-state index is 0.0752. The van der Waals surface area contributed by atoms with Gasteiger partial charge in [-0.15, -0.1) is 0 Å².